The molecule has 0 saturated heterocycles. The Morgan fingerprint density at radius 2 is 0.913 bits per heavy atom. The van der Waals surface area contributed by atoms with Crippen LogP contribution in [0.2, 0.25) is 0 Å². The average Bonchev–Trinajstić information content (AvgIpc) is 3.23. The number of fused-ring (bicyclic) bond motifs is 9. The molecule has 0 spiro atoms. The molecule has 0 amide bonds. The summed E-state index contributed by atoms with van der Waals surface area (Å²) in [6.07, 6.45) is 0. The normalized spacial score (nSPS) is 14.1. The molecule has 3 aliphatic rings. The van der Waals surface area contributed by atoms with Crippen molar-refractivity contribution in [2.24, 2.45) is 0 Å². The summed E-state index contributed by atoms with van der Waals surface area (Å²) in [5, 5.41) is 5.53. The van der Waals surface area contributed by atoms with E-state index in [-0.39, 0.29) is 6.71 Å². The van der Waals surface area contributed by atoms with E-state index in [1.807, 2.05) is 6.07 Å². The van der Waals surface area contributed by atoms with E-state index in [2.05, 4.69) is 158 Å². The monoisotopic (exact) mass is 602 g/mol. The number of hydrogen-bond donors (Lipinski definition) is 0. The predicted octanol–water partition coefficient (Wildman–Crippen LogP) is 5.44. The average molecular weight is 603 g/mol. The largest absolute Gasteiger partial charge is 0.458 e. The Morgan fingerprint density at radius 3 is 1.63 bits per heavy atom. The zero-order valence-electron chi connectivity index (χ0n) is 25.0. The molecule has 0 aromatic heterocycles. The highest BCUT2D eigenvalue weighted by Gasteiger charge is 2.48. The molecule has 0 aliphatic carbocycles. The second-order valence-electron chi connectivity index (χ2n) is 12.4. The molecule has 214 valence electrons. The minimum Gasteiger partial charge on any atom is -0.458 e. The molecule has 46 heavy (non-hydrogen) atoms. The number of benzene rings is 7. The van der Waals surface area contributed by atoms with Gasteiger partial charge < -0.3 is 9.47 Å². The first-order chi connectivity index (χ1) is 22.8. The maximum Gasteiger partial charge on any atom is 0.260 e. The zero-order chi connectivity index (χ0) is 30.2. The molecule has 7 aromatic rings. The summed E-state index contributed by atoms with van der Waals surface area (Å²) in [7, 11) is -2.89. The Hall–Kier alpha value is -5.58. The molecule has 3 aliphatic heterocycles. The van der Waals surface area contributed by atoms with E-state index in [0.29, 0.717) is 0 Å². The molecule has 0 unspecified atom stereocenters. The van der Waals surface area contributed by atoms with Gasteiger partial charge in [0.1, 0.15) is 23.0 Å². The van der Waals surface area contributed by atoms with Crippen LogP contribution in [-0.2, 0) is 0 Å². The minimum atomic E-state index is -2.89. The first kappa shape index (κ1) is 25.7. The Kier molecular flexibility index (Phi) is 5.43. The van der Waals surface area contributed by atoms with Gasteiger partial charge in [0.25, 0.3) is 6.71 Å². The van der Waals surface area contributed by atoms with Crippen LogP contribution in [-0.4, -0.2) is 14.8 Å². The summed E-state index contributed by atoms with van der Waals surface area (Å²) in [5.41, 5.74) is 8.51. The highest BCUT2D eigenvalue weighted by molar-refractivity contribution is 7.21. The molecule has 0 atom stereocenters. The lowest BCUT2D eigenvalue weighted by atomic mass is 9.35. The maximum atomic E-state index is 6.85. The van der Waals surface area contributed by atoms with Gasteiger partial charge in [0.2, 0.25) is 0 Å². The molecule has 10 rings (SSSR count). The maximum absolute atomic E-state index is 6.85. The van der Waals surface area contributed by atoms with Gasteiger partial charge in [-0.3, -0.25) is 0 Å². The molecular formula is C42H27BO2Si. The van der Waals surface area contributed by atoms with Gasteiger partial charge in [0, 0.05) is 5.46 Å². The Balaban J connectivity index is 1.40. The molecule has 7 aromatic carbocycles. The fraction of sp³-hybridized carbons (Fsp3) is 0. The molecule has 4 heteroatoms. The van der Waals surface area contributed by atoms with Crippen molar-refractivity contribution < 1.29 is 9.47 Å². The summed E-state index contributed by atoms with van der Waals surface area (Å²) in [6.45, 7) is -0.00260. The van der Waals surface area contributed by atoms with Crippen molar-refractivity contribution in [3.63, 3.8) is 0 Å². The fourth-order valence-electron chi connectivity index (χ4n) is 8.27. The van der Waals surface area contributed by atoms with Crippen LogP contribution in [0.25, 0.3) is 22.3 Å². The molecule has 0 saturated carbocycles. The lowest BCUT2D eigenvalue weighted by Gasteiger charge is -2.38. The van der Waals surface area contributed by atoms with Crippen molar-refractivity contribution in [2.75, 3.05) is 0 Å². The van der Waals surface area contributed by atoms with Crippen LogP contribution < -0.4 is 46.6 Å². The van der Waals surface area contributed by atoms with Gasteiger partial charge in [-0.15, -0.1) is 0 Å². The van der Waals surface area contributed by atoms with Crippen LogP contribution in [0.5, 0.6) is 23.0 Å². The van der Waals surface area contributed by atoms with Crippen molar-refractivity contribution in [1.29, 1.82) is 0 Å². The second-order valence-corrected chi connectivity index (χ2v) is 16.1. The smallest absolute Gasteiger partial charge is 0.260 e. The standard InChI is InChI=1S/C42H27BO2Si/c1-3-14-28(15-4-1)46(29-16-5-2-6-17-29)40-25-12-9-20-32(40)30-18-7-8-19-31(30)33-26-39-35(27-41(33)46)43-34-21-10-11-22-36(34)44-37-23-13-24-38(45-39)42(37)43/h1-27H. The zero-order valence-corrected chi connectivity index (χ0v) is 26.0. The number of para-hydroxylation sites is 1. The third kappa shape index (κ3) is 3.42. The summed E-state index contributed by atoms with van der Waals surface area (Å²) in [5.74, 6) is 3.55. The first-order valence-electron chi connectivity index (χ1n) is 15.9. The first-order valence-corrected chi connectivity index (χ1v) is 17.9. The molecule has 0 fully saturated rings. The molecule has 0 radical (unpaired) electrons. The van der Waals surface area contributed by atoms with Crippen molar-refractivity contribution in [3.05, 3.63) is 164 Å². The molecule has 0 bridgehead atoms. The highest BCUT2D eigenvalue weighted by atomic mass is 28.3. The van der Waals surface area contributed by atoms with E-state index in [0.717, 1.165) is 28.5 Å². The number of rotatable bonds is 2. The highest BCUT2D eigenvalue weighted by Crippen LogP contribution is 2.40. The third-order valence-corrected chi connectivity index (χ3v) is 15.0. The van der Waals surface area contributed by atoms with Crippen LogP contribution in [0.4, 0.5) is 0 Å². The lowest BCUT2D eigenvalue weighted by Crippen LogP contribution is -2.75. The van der Waals surface area contributed by atoms with E-state index in [1.54, 1.807) is 0 Å². The molecule has 0 N–H and O–H groups in total. The van der Waals surface area contributed by atoms with Gasteiger partial charge in [0.15, 0.2) is 8.07 Å². The van der Waals surface area contributed by atoms with Crippen molar-refractivity contribution >= 4 is 51.9 Å². The van der Waals surface area contributed by atoms with Gasteiger partial charge in [-0.05, 0) is 78.2 Å². The van der Waals surface area contributed by atoms with Crippen LogP contribution in [0, 0.1) is 0 Å². The van der Waals surface area contributed by atoms with Crippen molar-refractivity contribution in [2.45, 2.75) is 0 Å². The molecule has 3 heterocycles. The molecular weight excluding hydrogens is 575 g/mol. The van der Waals surface area contributed by atoms with Crippen LogP contribution in [0.3, 0.4) is 0 Å². The van der Waals surface area contributed by atoms with Gasteiger partial charge in [-0.2, -0.15) is 0 Å². The Morgan fingerprint density at radius 1 is 0.370 bits per heavy atom. The van der Waals surface area contributed by atoms with Crippen molar-refractivity contribution in [1.82, 2.24) is 0 Å². The van der Waals surface area contributed by atoms with Gasteiger partial charge in [0.05, 0.1) is 0 Å². The SMILES string of the molecule is c1ccc([Si]2(c3ccccc3)c3ccccc3-c3ccccc3-c3cc4c(cc32)B2c3ccccc3Oc3cccc(c32)O4)cc1. The van der Waals surface area contributed by atoms with Crippen LogP contribution >= 0.6 is 0 Å². The predicted molar refractivity (Wildman–Crippen MR) is 192 cm³/mol. The quantitative estimate of drug-likeness (QED) is 0.246. The minimum absolute atomic E-state index is 0.00260. The summed E-state index contributed by atoms with van der Waals surface area (Å²) >= 11 is 0. The summed E-state index contributed by atoms with van der Waals surface area (Å²) in [4.78, 5) is 0. The Bertz CT molecular complexity index is 2290. The lowest BCUT2D eigenvalue weighted by molar-refractivity contribution is 0.464. The Labute approximate surface area is 269 Å². The van der Waals surface area contributed by atoms with Gasteiger partial charge in [-0.25, -0.2) is 0 Å². The van der Waals surface area contributed by atoms with E-state index in [9.17, 15) is 0 Å². The topological polar surface area (TPSA) is 18.5 Å². The third-order valence-electron chi connectivity index (χ3n) is 10.1. The van der Waals surface area contributed by atoms with Crippen LogP contribution in [0.15, 0.2) is 164 Å². The van der Waals surface area contributed by atoms with E-state index in [1.165, 1.54) is 53.9 Å². The van der Waals surface area contributed by atoms with E-state index in [4.69, 9.17) is 9.47 Å². The van der Waals surface area contributed by atoms with Crippen molar-refractivity contribution in [3.8, 4) is 45.3 Å². The number of ether oxygens (including phenoxy) is 2. The van der Waals surface area contributed by atoms with E-state index < -0.39 is 8.07 Å². The summed E-state index contributed by atoms with van der Waals surface area (Å²) < 4.78 is 13.3. The van der Waals surface area contributed by atoms with Crippen LogP contribution in [0.1, 0.15) is 0 Å². The number of hydrogen-bond acceptors (Lipinski definition) is 2. The fourth-order valence-corrected chi connectivity index (χ4v) is 13.5. The van der Waals surface area contributed by atoms with Gasteiger partial charge in [-0.1, -0.05) is 140 Å². The second kappa shape index (κ2) is 9.71. The van der Waals surface area contributed by atoms with E-state index >= 15 is 0 Å². The molecule has 2 nitrogen and oxygen atoms in total. The summed E-state index contributed by atoms with van der Waals surface area (Å²) in [6, 6.07) is 60.0. The van der Waals surface area contributed by atoms with Gasteiger partial charge >= 0.3 is 0 Å².